The number of rotatable bonds is 3. The Bertz CT molecular complexity index is 2000. The average molecular weight is 482 g/mol. The first-order valence-corrected chi connectivity index (χ1v) is 12.2. The van der Waals surface area contributed by atoms with E-state index in [4.69, 9.17) is 9.72 Å². The molecular weight excluding hydrogens is 458 g/mol. The van der Waals surface area contributed by atoms with E-state index in [1.165, 1.54) is 16.3 Å². The molecule has 0 saturated carbocycles. The first kappa shape index (κ1) is 21.4. The highest BCUT2D eigenvalue weighted by atomic mass is 16.5. The second-order valence-electron chi connectivity index (χ2n) is 9.45. The van der Waals surface area contributed by atoms with Crippen LogP contribution in [0.3, 0.4) is 0 Å². The van der Waals surface area contributed by atoms with Crippen LogP contribution >= 0.6 is 0 Å². The van der Waals surface area contributed by atoms with Crippen molar-refractivity contribution in [1.29, 1.82) is 0 Å². The molecule has 37 heavy (non-hydrogen) atoms. The highest BCUT2D eigenvalue weighted by Crippen LogP contribution is 2.39. The van der Waals surface area contributed by atoms with Crippen LogP contribution in [0.15, 0.2) is 97.2 Å². The van der Waals surface area contributed by atoms with Gasteiger partial charge in [-0.1, -0.05) is 48.5 Å². The molecule has 0 aliphatic carbocycles. The van der Waals surface area contributed by atoms with E-state index in [2.05, 4.69) is 59.8 Å². The summed E-state index contributed by atoms with van der Waals surface area (Å²) in [6, 6.07) is 30.1. The normalized spacial score (nSPS) is 11.6. The molecule has 5 heteroatoms. The third kappa shape index (κ3) is 3.39. The highest BCUT2D eigenvalue weighted by molar-refractivity contribution is 6.12. The second kappa shape index (κ2) is 8.07. The molecule has 0 fully saturated rings. The van der Waals surface area contributed by atoms with Crippen LogP contribution in [-0.4, -0.2) is 19.6 Å². The van der Waals surface area contributed by atoms with Crippen LogP contribution in [-0.2, 0) is 0 Å². The van der Waals surface area contributed by atoms with Crippen molar-refractivity contribution in [3.63, 3.8) is 0 Å². The Kier molecular flexibility index (Phi) is 4.66. The van der Waals surface area contributed by atoms with Gasteiger partial charge in [0.15, 0.2) is 0 Å². The monoisotopic (exact) mass is 481 g/mol. The van der Waals surface area contributed by atoms with Gasteiger partial charge in [-0.15, -0.1) is 0 Å². The largest absolute Gasteiger partial charge is 0.506 e. The molecule has 7 aromatic rings. The van der Waals surface area contributed by atoms with E-state index in [1.54, 1.807) is 12.1 Å². The molecule has 3 heterocycles. The summed E-state index contributed by atoms with van der Waals surface area (Å²) in [4.78, 5) is 9.41. The minimum atomic E-state index is 0.132. The highest BCUT2D eigenvalue weighted by Gasteiger charge is 2.18. The van der Waals surface area contributed by atoms with Gasteiger partial charge in [0, 0.05) is 39.9 Å². The molecule has 0 aliphatic heterocycles. The molecule has 0 spiro atoms. The SMILES string of the molecule is Cc1ccc2c3c(C)cc(Oc4ccc5cccc(O)c5n4)cc3n(-c3nccc4ccccc34)c2c1. The Morgan fingerprint density at radius 1 is 0.757 bits per heavy atom. The van der Waals surface area contributed by atoms with Gasteiger partial charge in [0.1, 0.15) is 22.8 Å². The molecule has 3 aromatic heterocycles. The Morgan fingerprint density at radius 2 is 1.62 bits per heavy atom. The summed E-state index contributed by atoms with van der Waals surface area (Å²) >= 11 is 0. The molecule has 1 N–H and O–H groups in total. The number of benzene rings is 4. The zero-order valence-electron chi connectivity index (χ0n) is 20.4. The summed E-state index contributed by atoms with van der Waals surface area (Å²) in [5, 5.41) is 15.7. The number of aryl methyl sites for hydroxylation is 2. The number of para-hydroxylation sites is 1. The lowest BCUT2D eigenvalue weighted by Gasteiger charge is -2.12. The number of pyridine rings is 2. The van der Waals surface area contributed by atoms with E-state index < -0.39 is 0 Å². The number of phenols is 1. The quantitative estimate of drug-likeness (QED) is 0.278. The van der Waals surface area contributed by atoms with Gasteiger partial charge in [-0.2, -0.15) is 0 Å². The summed E-state index contributed by atoms with van der Waals surface area (Å²) in [5.74, 6) is 2.11. The van der Waals surface area contributed by atoms with Gasteiger partial charge >= 0.3 is 0 Å². The maximum absolute atomic E-state index is 10.3. The number of aromatic nitrogens is 3. The van der Waals surface area contributed by atoms with Gasteiger partial charge in [0.05, 0.1) is 11.0 Å². The van der Waals surface area contributed by atoms with Gasteiger partial charge < -0.3 is 9.84 Å². The Hall–Kier alpha value is -4.90. The zero-order chi connectivity index (χ0) is 25.1. The summed E-state index contributed by atoms with van der Waals surface area (Å²) in [5.41, 5.74) is 4.92. The average Bonchev–Trinajstić information content (AvgIpc) is 3.22. The number of fused-ring (bicyclic) bond motifs is 5. The molecule has 5 nitrogen and oxygen atoms in total. The third-order valence-corrected chi connectivity index (χ3v) is 6.95. The van der Waals surface area contributed by atoms with E-state index in [-0.39, 0.29) is 5.75 Å². The molecule has 0 saturated heterocycles. The van der Waals surface area contributed by atoms with E-state index in [0.717, 1.165) is 38.6 Å². The molecule has 0 bridgehead atoms. The maximum Gasteiger partial charge on any atom is 0.219 e. The van der Waals surface area contributed by atoms with Crippen LogP contribution < -0.4 is 4.74 Å². The molecule has 0 atom stereocenters. The molecule has 4 aromatic carbocycles. The smallest absolute Gasteiger partial charge is 0.219 e. The molecule has 0 unspecified atom stereocenters. The maximum atomic E-state index is 10.3. The molecular formula is C32H23N3O2. The fourth-order valence-electron chi connectivity index (χ4n) is 5.29. The Morgan fingerprint density at radius 3 is 2.54 bits per heavy atom. The van der Waals surface area contributed by atoms with E-state index in [1.807, 2.05) is 48.7 Å². The van der Waals surface area contributed by atoms with Crippen molar-refractivity contribution in [2.75, 3.05) is 0 Å². The lowest BCUT2D eigenvalue weighted by molar-refractivity contribution is 0.460. The van der Waals surface area contributed by atoms with Crippen molar-refractivity contribution in [1.82, 2.24) is 14.5 Å². The topological polar surface area (TPSA) is 60.2 Å². The van der Waals surface area contributed by atoms with Crippen molar-refractivity contribution in [2.24, 2.45) is 0 Å². The number of phenolic OH excluding ortho intramolecular Hbond substituents is 1. The number of aromatic hydroxyl groups is 1. The summed E-state index contributed by atoms with van der Waals surface area (Å²) in [6.45, 7) is 4.22. The number of hydrogen-bond donors (Lipinski definition) is 1. The minimum absolute atomic E-state index is 0.132. The predicted octanol–water partition coefficient (Wildman–Crippen LogP) is 7.99. The Labute approximate surface area is 213 Å². The number of ether oxygens (including phenoxy) is 1. The fourth-order valence-corrected chi connectivity index (χ4v) is 5.29. The second-order valence-corrected chi connectivity index (χ2v) is 9.45. The van der Waals surface area contributed by atoms with Crippen LogP contribution in [0.4, 0.5) is 0 Å². The first-order chi connectivity index (χ1) is 18.1. The molecule has 0 radical (unpaired) electrons. The third-order valence-electron chi connectivity index (χ3n) is 6.95. The Balaban J connectivity index is 1.49. The van der Waals surface area contributed by atoms with Gasteiger partial charge in [-0.05, 0) is 60.7 Å². The van der Waals surface area contributed by atoms with Crippen molar-refractivity contribution >= 4 is 43.5 Å². The van der Waals surface area contributed by atoms with Crippen LogP contribution in [0, 0.1) is 13.8 Å². The van der Waals surface area contributed by atoms with Gasteiger partial charge in [0.25, 0.3) is 0 Å². The first-order valence-electron chi connectivity index (χ1n) is 12.2. The van der Waals surface area contributed by atoms with Crippen molar-refractivity contribution < 1.29 is 9.84 Å². The molecule has 0 amide bonds. The summed E-state index contributed by atoms with van der Waals surface area (Å²) in [6.07, 6.45) is 1.86. The lowest BCUT2D eigenvalue weighted by Crippen LogP contribution is -1.99. The van der Waals surface area contributed by atoms with Crippen LogP contribution in [0.5, 0.6) is 17.4 Å². The lowest BCUT2D eigenvalue weighted by atomic mass is 10.1. The van der Waals surface area contributed by atoms with E-state index in [0.29, 0.717) is 17.1 Å². The minimum Gasteiger partial charge on any atom is -0.506 e. The van der Waals surface area contributed by atoms with Crippen LogP contribution in [0.1, 0.15) is 11.1 Å². The van der Waals surface area contributed by atoms with E-state index in [9.17, 15) is 5.11 Å². The van der Waals surface area contributed by atoms with Crippen molar-refractivity contribution in [3.05, 3.63) is 108 Å². The predicted molar refractivity (Wildman–Crippen MR) is 149 cm³/mol. The molecule has 7 rings (SSSR count). The molecule has 178 valence electrons. The number of hydrogen-bond acceptors (Lipinski definition) is 4. The van der Waals surface area contributed by atoms with E-state index >= 15 is 0 Å². The fraction of sp³-hybridized carbons (Fsp3) is 0.0625. The summed E-state index contributed by atoms with van der Waals surface area (Å²) < 4.78 is 8.51. The van der Waals surface area contributed by atoms with Crippen molar-refractivity contribution in [3.8, 4) is 23.2 Å². The number of nitrogens with zero attached hydrogens (tertiary/aromatic N) is 3. The van der Waals surface area contributed by atoms with Crippen molar-refractivity contribution in [2.45, 2.75) is 13.8 Å². The van der Waals surface area contributed by atoms with Gasteiger partial charge in [0.2, 0.25) is 5.88 Å². The zero-order valence-corrected chi connectivity index (χ0v) is 20.4. The van der Waals surface area contributed by atoms with Crippen LogP contribution in [0.25, 0.3) is 49.3 Å². The van der Waals surface area contributed by atoms with Gasteiger partial charge in [-0.25, -0.2) is 9.97 Å². The summed E-state index contributed by atoms with van der Waals surface area (Å²) in [7, 11) is 0. The standard InChI is InChI=1S/C32H23N3O2/c1-19-10-12-25-26(16-19)35(32-24-8-4-3-6-21(24)14-15-33-32)27-18-23(17-20(2)30(25)27)37-29-13-11-22-7-5-9-28(36)31(22)34-29/h3-18,36H,1-2H3. The van der Waals surface area contributed by atoms with Crippen LogP contribution in [0.2, 0.25) is 0 Å². The molecule has 0 aliphatic rings. The van der Waals surface area contributed by atoms with Gasteiger partial charge in [-0.3, -0.25) is 4.57 Å².